The molecule has 2 aromatic carbocycles. The number of carbonyl (C=O) groups excluding carboxylic acids is 1. The van der Waals surface area contributed by atoms with Gasteiger partial charge in [0.15, 0.2) is 0 Å². The van der Waals surface area contributed by atoms with Gasteiger partial charge in [0.05, 0.1) is 17.4 Å². The van der Waals surface area contributed by atoms with E-state index in [9.17, 15) is 4.79 Å². The molecule has 112 valence electrons. The van der Waals surface area contributed by atoms with E-state index in [1.165, 1.54) is 5.56 Å². The van der Waals surface area contributed by atoms with Gasteiger partial charge in [0.1, 0.15) is 0 Å². The minimum absolute atomic E-state index is 0.0740. The number of amides is 1. The van der Waals surface area contributed by atoms with Crippen molar-refractivity contribution >= 4 is 16.9 Å². The summed E-state index contributed by atoms with van der Waals surface area (Å²) in [7, 11) is 0. The summed E-state index contributed by atoms with van der Waals surface area (Å²) in [4.78, 5) is 19.5. The van der Waals surface area contributed by atoms with Crippen molar-refractivity contribution in [3.05, 3.63) is 65.5 Å². The van der Waals surface area contributed by atoms with Gasteiger partial charge in [0, 0.05) is 12.1 Å². The molecule has 4 heteroatoms. The van der Waals surface area contributed by atoms with Crippen molar-refractivity contribution in [1.29, 1.82) is 0 Å². The summed E-state index contributed by atoms with van der Waals surface area (Å²) in [6, 6.07) is 13.7. The molecule has 3 rings (SSSR count). The number of aromatic amines is 1. The quantitative estimate of drug-likeness (QED) is 0.772. The minimum Gasteiger partial charge on any atom is -0.348 e. The number of nitrogens with one attached hydrogen (secondary N) is 2. The van der Waals surface area contributed by atoms with Crippen LogP contribution in [-0.2, 0) is 6.54 Å². The Bertz CT molecular complexity index is 805. The van der Waals surface area contributed by atoms with Gasteiger partial charge in [-0.2, -0.15) is 0 Å². The lowest BCUT2D eigenvalue weighted by molar-refractivity contribution is 0.0951. The molecule has 0 atom stereocenters. The molecule has 22 heavy (non-hydrogen) atoms. The molecule has 0 bridgehead atoms. The van der Waals surface area contributed by atoms with Gasteiger partial charge in [0.25, 0.3) is 5.91 Å². The summed E-state index contributed by atoms with van der Waals surface area (Å²) in [6.07, 6.45) is 1.63. The maximum atomic E-state index is 12.3. The number of benzene rings is 2. The topological polar surface area (TPSA) is 57.8 Å². The van der Waals surface area contributed by atoms with E-state index < -0.39 is 0 Å². The molecule has 0 fully saturated rings. The third-order valence-electron chi connectivity index (χ3n) is 3.80. The van der Waals surface area contributed by atoms with E-state index in [0.29, 0.717) is 18.0 Å². The number of carbonyl (C=O) groups is 1. The first-order valence-corrected chi connectivity index (χ1v) is 7.44. The van der Waals surface area contributed by atoms with Crippen molar-refractivity contribution < 1.29 is 4.79 Å². The summed E-state index contributed by atoms with van der Waals surface area (Å²) in [6.45, 7) is 4.86. The van der Waals surface area contributed by atoms with E-state index in [4.69, 9.17) is 0 Å². The SMILES string of the molecule is CC(C)c1ccccc1CNC(=O)c1ccc2nc[nH]c2c1. The van der Waals surface area contributed by atoms with Crippen LogP contribution in [0.15, 0.2) is 48.8 Å². The van der Waals surface area contributed by atoms with Gasteiger partial charge in [0.2, 0.25) is 0 Å². The fourth-order valence-electron chi connectivity index (χ4n) is 2.61. The average molecular weight is 293 g/mol. The molecule has 1 heterocycles. The second kappa shape index (κ2) is 6.02. The van der Waals surface area contributed by atoms with Crippen LogP contribution < -0.4 is 5.32 Å². The lowest BCUT2D eigenvalue weighted by atomic mass is 9.97. The Kier molecular flexibility index (Phi) is 3.92. The largest absolute Gasteiger partial charge is 0.348 e. The normalized spacial score (nSPS) is 11.0. The molecule has 2 N–H and O–H groups in total. The van der Waals surface area contributed by atoms with Crippen LogP contribution in [0.3, 0.4) is 0 Å². The molecule has 1 amide bonds. The highest BCUT2D eigenvalue weighted by Crippen LogP contribution is 2.19. The van der Waals surface area contributed by atoms with E-state index in [2.05, 4.69) is 41.3 Å². The first kappa shape index (κ1) is 14.3. The summed E-state index contributed by atoms with van der Waals surface area (Å²) in [5.41, 5.74) is 4.80. The van der Waals surface area contributed by atoms with E-state index in [0.717, 1.165) is 16.6 Å². The number of imidazole rings is 1. The van der Waals surface area contributed by atoms with Crippen molar-refractivity contribution in [2.75, 3.05) is 0 Å². The zero-order valence-corrected chi connectivity index (χ0v) is 12.8. The van der Waals surface area contributed by atoms with Crippen LogP contribution in [0.4, 0.5) is 0 Å². The second-order valence-electron chi connectivity index (χ2n) is 5.67. The Balaban J connectivity index is 1.74. The van der Waals surface area contributed by atoms with E-state index in [-0.39, 0.29) is 5.91 Å². The number of hydrogen-bond donors (Lipinski definition) is 2. The molecule has 1 aromatic heterocycles. The monoisotopic (exact) mass is 293 g/mol. The highest BCUT2D eigenvalue weighted by molar-refractivity contribution is 5.97. The molecule has 0 saturated carbocycles. The minimum atomic E-state index is -0.0740. The molecule has 0 radical (unpaired) electrons. The molecular weight excluding hydrogens is 274 g/mol. The Labute approximate surface area is 129 Å². The summed E-state index contributed by atoms with van der Waals surface area (Å²) >= 11 is 0. The summed E-state index contributed by atoms with van der Waals surface area (Å²) in [5.74, 6) is 0.365. The Morgan fingerprint density at radius 1 is 1.23 bits per heavy atom. The van der Waals surface area contributed by atoms with Crippen LogP contribution in [0.5, 0.6) is 0 Å². The smallest absolute Gasteiger partial charge is 0.251 e. The molecular formula is C18H19N3O. The van der Waals surface area contributed by atoms with Crippen molar-refractivity contribution in [3.8, 4) is 0 Å². The fraction of sp³-hybridized carbons (Fsp3) is 0.222. The van der Waals surface area contributed by atoms with Crippen LogP contribution >= 0.6 is 0 Å². The lowest BCUT2D eigenvalue weighted by Gasteiger charge is -2.13. The number of aromatic nitrogens is 2. The predicted molar refractivity (Wildman–Crippen MR) is 87.8 cm³/mol. The Morgan fingerprint density at radius 2 is 2.05 bits per heavy atom. The number of fused-ring (bicyclic) bond motifs is 1. The van der Waals surface area contributed by atoms with Gasteiger partial charge < -0.3 is 10.3 Å². The van der Waals surface area contributed by atoms with E-state index in [1.807, 2.05) is 24.3 Å². The zero-order chi connectivity index (χ0) is 15.5. The standard InChI is InChI=1S/C18H19N3O/c1-12(2)15-6-4-3-5-14(15)10-19-18(22)13-7-8-16-17(9-13)21-11-20-16/h3-9,11-12H,10H2,1-2H3,(H,19,22)(H,20,21). The van der Waals surface area contributed by atoms with E-state index >= 15 is 0 Å². The number of nitrogens with zero attached hydrogens (tertiary/aromatic N) is 1. The molecule has 0 aliphatic heterocycles. The molecule has 0 saturated heterocycles. The highest BCUT2D eigenvalue weighted by atomic mass is 16.1. The van der Waals surface area contributed by atoms with Crippen LogP contribution in [0.1, 0.15) is 41.3 Å². The van der Waals surface area contributed by atoms with Gasteiger partial charge in [-0.15, -0.1) is 0 Å². The number of H-pyrrole nitrogens is 1. The molecule has 3 aromatic rings. The van der Waals surface area contributed by atoms with E-state index in [1.54, 1.807) is 12.4 Å². The van der Waals surface area contributed by atoms with Crippen molar-refractivity contribution in [2.24, 2.45) is 0 Å². The van der Waals surface area contributed by atoms with Crippen molar-refractivity contribution in [1.82, 2.24) is 15.3 Å². The maximum Gasteiger partial charge on any atom is 0.251 e. The van der Waals surface area contributed by atoms with Crippen LogP contribution in [-0.4, -0.2) is 15.9 Å². The van der Waals surface area contributed by atoms with Gasteiger partial charge in [-0.1, -0.05) is 38.1 Å². The van der Waals surface area contributed by atoms with Gasteiger partial charge in [-0.3, -0.25) is 4.79 Å². The van der Waals surface area contributed by atoms with Crippen LogP contribution in [0.25, 0.3) is 11.0 Å². The number of hydrogen-bond acceptors (Lipinski definition) is 2. The molecule has 4 nitrogen and oxygen atoms in total. The van der Waals surface area contributed by atoms with Crippen LogP contribution in [0.2, 0.25) is 0 Å². The second-order valence-corrected chi connectivity index (χ2v) is 5.67. The van der Waals surface area contributed by atoms with Crippen molar-refractivity contribution in [3.63, 3.8) is 0 Å². The summed E-state index contributed by atoms with van der Waals surface area (Å²) < 4.78 is 0. The molecule has 0 aliphatic rings. The lowest BCUT2D eigenvalue weighted by Crippen LogP contribution is -2.23. The highest BCUT2D eigenvalue weighted by Gasteiger charge is 2.10. The predicted octanol–water partition coefficient (Wildman–Crippen LogP) is 3.62. The Hall–Kier alpha value is -2.62. The average Bonchev–Trinajstić information content (AvgIpc) is 3.00. The van der Waals surface area contributed by atoms with Gasteiger partial charge in [-0.25, -0.2) is 4.98 Å². The first-order chi connectivity index (χ1) is 10.6. The fourth-order valence-corrected chi connectivity index (χ4v) is 2.61. The molecule has 0 unspecified atom stereocenters. The maximum absolute atomic E-state index is 12.3. The molecule has 0 spiro atoms. The number of rotatable bonds is 4. The third-order valence-corrected chi connectivity index (χ3v) is 3.80. The van der Waals surface area contributed by atoms with Gasteiger partial charge in [-0.05, 0) is 35.2 Å². The third kappa shape index (κ3) is 2.86. The Morgan fingerprint density at radius 3 is 2.86 bits per heavy atom. The summed E-state index contributed by atoms with van der Waals surface area (Å²) in [5, 5.41) is 2.99. The van der Waals surface area contributed by atoms with Gasteiger partial charge >= 0.3 is 0 Å². The molecule has 0 aliphatic carbocycles. The van der Waals surface area contributed by atoms with Crippen LogP contribution in [0, 0.1) is 0 Å². The van der Waals surface area contributed by atoms with Crippen molar-refractivity contribution in [2.45, 2.75) is 26.3 Å². The zero-order valence-electron chi connectivity index (χ0n) is 12.8. The first-order valence-electron chi connectivity index (χ1n) is 7.44.